The number of halogens is 3. The van der Waals surface area contributed by atoms with Crippen molar-refractivity contribution >= 4 is 11.0 Å². The van der Waals surface area contributed by atoms with E-state index >= 15 is 0 Å². The van der Waals surface area contributed by atoms with E-state index in [4.69, 9.17) is 9.47 Å². The van der Waals surface area contributed by atoms with Crippen molar-refractivity contribution in [3.63, 3.8) is 0 Å². The number of benzene rings is 1. The number of alkyl halides is 3. The van der Waals surface area contributed by atoms with Gasteiger partial charge >= 0.3 is 6.18 Å². The monoisotopic (exact) mass is 351 g/mol. The second kappa shape index (κ2) is 6.72. The summed E-state index contributed by atoms with van der Waals surface area (Å²) >= 11 is 0. The fraction of sp³-hybridized carbons (Fsp3) is 0.294. The van der Waals surface area contributed by atoms with Gasteiger partial charge in [0.05, 0.1) is 17.5 Å². The van der Waals surface area contributed by atoms with Crippen LogP contribution >= 0.6 is 0 Å². The molecule has 0 amide bonds. The first-order valence-corrected chi connectivity index (χ1v) is 7.63. The van der Waals surface area contributed by atoms with E-state index in [1.807, 2.05) is 0 Å². The molecule has 2 heterocycles. The highest BCUT2D eigenvalue weighted by Crippen LogP contribution is 2.39. The van der Waals surface area contributed by atoms with Crippen molar-refractivity contribution in [1.29, 1.82) is 0 Å². The van der Waals surface area contributed by atoms with E-state index in [0.717, 1.165) is 17.5 Å². The quantitative estimate of drug-likeness (QED) is 0.549. The third-order valence-electron chi connectivity index (χ3n) is 3.69. The maximum Gasteiger partial charge on any atom is 0.416 e. The second-order valence-electron chi connectivity index (χ2n) is 5.42. The third-order valence-corrected chi connectivity index (χ3v) is 3.69. The predicted molar refractivity (Wildman–Crippen MR) is 86.2 cm³/mol. The molecule has 0 spiro atoms. The van der Waals surface area contributed by atoms with Crippen LogP contribution in [0.5, 0.6) is 5.75 Å². The van der Waals surface area contributed by atoms with Crippen LogP contribution in [-0.4, -0.2) is 28.6 Å². The summed E-state index contributed by atoms with van der Waals surface area (Å²) in [7, 11) is 0. The minimum absolute atomic E-state index is 0.0761. The van der Waals surface area contributed by atoms with Crippen molar-refractivity contribution in [3.05, 3.63) is 41.6 Å². The first kappa shape index (κ1) is 17.2. The summed E-state index contributed by atoms with van der Waals surface area (Å²) in [4.78, 5) is 4.43. The standard InChI is InChI=1S/C17H16F3N3O2/c1-3-24-9-25-14-7-12(17(18,19)20)6-10(2)15(14)13-5-4-11-8-21-23-16(11)22-13/h4-8H,3,9H2,1-2H3,(H,21,22,23). The number of rotatable bonds is 5. The number of hydrogen-bond acceptors (Lipinski definition) is 4. The van der Waals surface area contributed by atoms with Gasteiger partial charge in [-0.1, -0.05) is 0 Å². The molecule has 1 N–H and O–H groups in total. The average molecular weight is 351 g/mol. The van der Waals surface area contributed by atoms with Crippen molar-refractivity contribution in [2.24, 2.45) is 0 Å². The predicted octanol–water partition coefficient (Wildman–Crippen LogP) is 4.32. The molecule has 0 atom stereocenters. The summed E-state index contributed by atoms with van der Waals surface area (Å²) in [5.41, 5.74) is 1.17. The van der Waals surface area contributed by atoms with Gasteiger partial charge in [0.25, 0.3) is 0 Å². The van der Waals surface area contributed by atoms with E-state index in [1.54, 1.807) is 32.2 Å². The van der Waals surface area contributed by atoms with Crippen LogP contribution in [0.1, 0.15) is 18.1 Å². The Labute approximate surface area is 141 Å². The molecule has 0 radical (unpaired) electrons. The number of ether oxygens (including phenoxy) is 2. The largest absolute Gasteiger partial charge is 0.467 e. The molecule has 2 aromatic heterocycles. The molecule has 3 aromatic rings. The Bertz CT molecular complexity index is 890. The van der Waals surface area contributed by atoms with E-state index in [-0.39, 0.29) is 12.5 Å². The molecule has 0 saturated carbocycles. The number of fused-ring (bicyclic) bond motifs is 1. The van der Waals surface area contributed by atoms with Crippen LogP contribution in [0.3, 0.4) is 0 Å². The fourth-order valence-corrected chi connectivity index (χ4v) is 2.51. The Kier molecular flexibility index (Phi) is 4.63. The molecule has 132 valence electrons. The Balaban J connectivity index is 2.12. The van der Waals surface area contributed by atoms with Gasteiger partial charge in [0.15, 0.2) is 12.4 Å². The zero-order chi connectivity index (χ0) is 18.0. The normalized spacial score (nSPS) is 11.9. The lowest BCUT2D eigenvalue weighted by Crippen LogP contribution is -2.09. The molecule has 3 rings (SSSR count). The Hall–Kier alpha value is -2.61. The highest BCUT2D eigenvalue weighted by Gasteiger charge is 2.32. The lowest BCUT2D eigenvalue weighted by Gasteiger charge is -2.17. The van der Waals surface area contributed by atoms with Gasteiger partial charge in [0, 0.05) is 17.6 Å². The van der Waals surface area contributed by atoms with Gasteiger partial charge in [0.1, 0.15) is 5.75 Å². The summed E-state index contributed by atoms with van der Waals surface area (Å²) in [6, 6.07) is 5.58. The Morgan fingerprint density at radius 3 is 2.72 bits per heavy atom. The number of aromatic amines is 1. The fourth-order valence-electron chi connectivity index (χ4n) is 2.51. The van der Waals surface area contributed by atoms with Crippen molar-refractivity contribution < 1.29 is 22.6 Å². The summed E-state index contributed by atoms with van der Waals surface area (Å²) < 4.78 is 49.9. The highest BCUT2D eigenvalue weighted by molar-refractivity contribution is 5.80. The van der Waals surface area contributed by atoms with Crippen LogP contribution in [-0.2, 0) is 10.9 Å². The van der Waals surface area contributed by atoms with Gasteiger partial charge in [-0.15, -0.1) is 0 Å². The smallest absolute Gasteiger partial charge is 0.416 e. The van der Waals surface area contributed by atoms with Gasteiger partial charge in [-0.05, 0) is 43.7 Å². The molecule has 0 aliphatic heterocycles. The van der Waals surface area contributed by atoms with E-state index < -0.39 is 11.7 Å². The molecule has 8 heteroatoms. The lowest BCUT2D eigenvalue weighted by atomic mass is 10.00. The zero-order valence-electron chi connectivity index (χ0n) is 13.6. The molecule has 0 bridgehead atoms. The molecular weight excluding hydrogens is 335 g/mol. The Morgan fingerprint density at radius 2 is 2.00 bits per heavy atom. The van der Waals surface area contributed by atoms with E-state index in [1.165, 1.54) is 0 Å². The first-order valence-electron chi connectivity index (χ1n) is 7.63. The van der Waals surface area contributed by atoms with Crippen molar-refractivity contribution in [3.8, 4) is 17.0 Å². The second-order valence-corrected chi connectivity index (χ2v) is 5.42. The minimum Gasteiger partial charge on any atom is -0.467 e. The summed E-state index contributed by atoms with van der Waals surface area (Å²) in [6.07, 6.45) is -2.84. The molecule has 0 aliphatic carbocycles. The molecule has 25 heavy (non-hydrogen) atoms. The maximum atomic E-state index is 13.1. The number of nitrogens with zero attached hydrogens (tertiary/aromatic N) is 2. The van der Waals surface area contributed by atoms with Crippen LogP contribution in [0, 0.1) is 6.92 Å². The molecule has 0 fully saturated rings. The SMILES string of the molecule is CCOCOc1cc(C(F)(F)F)cc(C)c1-c1ccc2cn[nH]c2n1. The molecule has 0 unspecified atom stereocenters. The highest BCUT2D eigenvalue weighted by atomic mass is 19.4. The van der Waals surface area contributed by atoms with Crippen molar-refractivity contribution in [1.82, 2.24) is 15.2 Å². The first-order chi connectivity index (χ1) is 11.9. The van der Waals surface area contributed by atoms with E-state index in [0.29, 0.717) is 29.1 Å². The summed E-state index contributed by atoms with van der Waals surface area (Å²) in [5.74, 6) is 0.0761. The van der Waals surface area contributed by atoms with Crippen LogP contribution in [0.25, 0.3) is 22.3 Å². The molecule has 0 aliphatic rings. The van der Waals surface area contributed by atoms with Gasteiger partial charge in [-0.2, -0.15) is 18.3 Å². The van der Waals surface area contributed by atoms with Crippen molar-refractivity contribution in [2.45, 2.75) is 20.0 Å². The average Bonchev–Trinajstić information content (AvgIpc) is 3.01. The van der Waals surface area contributed by atoms with Gasteiger partial charge in [0.2, 0.25) is 0 Å². The number of hydrogen-bond donors (Lipinski definition) is 1. The van der Waals surface area contributed by atoms with Crippen LogP contribution in [0.2, 0.25) is 0 Å². The van der Waals surface area contributed by atoms with E-state index in [2.05, 4.69) is 15.2 Å². The topological polar surface area (TPSA) is 60.0 Å². The summed E-state index contributed by atoms with van der Waals surface area (Å²) in [6.45, 7) is 3.62. The van der Waals surface area contributed by atoms with Gasteiger partial charge in [-0.3, -0.25) is 5.10 Å². The number of aryl methyl sites for hydroxylation is 1. The number of H-pyrrole nitrogens is 1. The van der Waals surface area contributed by atoms with Gasteiger partial charge in [-0.25, -0.2) is 4.98 Å². The molecule has 1 aromatic carbocycles. The van der Waals surface area contributed by atoms with Gasteiger partial charge < -0.3 is 9.47 Å². The molecule has 0 saturated heterocycles. The summed E-state index contributed by atoms with van der Waals surface area (Å²) in [5, 5.41) is 7.46. The van der Waals surface area contributed by atoms with Crippen LogP contribution in [0.4, 0.5) is 13.2 Å². The zero-order valence-corrected chi connectivity index (χ0v) is 13.6. The molecule has 5 nitrogen and oxygen atoms in total. The maximum absolute atomic E-state index is 13.1. The van der Waals surface area contributed by atoms with E-state index in [9.17, 15) is 13.2 Å². The third kappa shape index (κ3) is 3.58. The van der Waals surface area contributed by atoms with Crippen LogP contribution in [0.15, 0.2) is 30.5 Å². The lowest BCUT2D eigenvalue weighted by molar-refractivity contribution is -0.137. The molecular formula is C17H16F3N3O2. The Morgan fingerprint density at radius 1 is 1.20 bits per heavy atom. The minimum atomic E-state index is -4.46. The number of nitrogens with one attached hydrogen (secondary N) is 1. The van der Waals surface area contributed by atoms with Crippen LogP contribution < -0.4 is 4.74 Å². The number of aromatic nitrogens is 3. The van der Waals surface area contributed by atoms with Crippen molar-refractivity contribution in [2.75, 3.05) is 13.4 Å². The number of pyridine rings is 1.